The van der Waals surface area contributed by atoms with Crippen LogP contribution in [0.25, 0.3) is 0 Å². The van der Waals surface area contributed by atoms with Gasteiger partial charge in [-0.3, -0.25) is 4.79 Å². The Hall–Kier alpha value is -2.17. The molecule has 0 amide bonds. The zero-order chi connectivity index (χ0) is 10.7. The van der Waals surface area contributed by atoms with Crippen LogP contribution < -0.4 is 11.3 Å². The maximum absolute atomic E-state index is 11.4. The molecule has 0 bridgehead atoms. The Kier molecular flexibility index (Phi) is 2.45. The van der Waals surface area contributed by atoms with Crippen molar-refractivity contribution in [3.63, 3.8) is 0 Å². The van der Waals surface area contributed by atoms with Crippen LogP contribution in [0.5, 0.6) is 0 Å². The molecule has 0 atom stereocenters. The summed E-state index contributed by atoms with van der Waals surface area (Å²) < 4.78 is 1.34. The maximum atomic E-state index is 11.4. The normalized spacial score (nSPS) is 10.1. The van der Waals surface area contributed by atoms with Crippen LogP contribution in [0.4, 0.5) is 5.82 Å². The number of rotatable bonds is 2. The zero-order valence-electron chi connectivity index (χ0n) is 8.00. The van der Waals surface area contributed by atoms with Crippen LogP contribution in [-0.2, 0) is 6.54 Å². The van der Waals surface area contributed by atoms with E-state index >= 15 is 0 Å². The molecular weight excluding hydrogens is 192 g/mol. The molecule has 0 saturated heterocycles. The van der Waals surface area contributed by atoms with Crippen LogP contribution in [0.2, 0.25) is 0 Å². The summed E-state index contributed by atoms with van der Waals surface area (Å²) in [5, 5.41) is 3.94. The lowest BCUT2D eigenvalue weighted by molar-refractivity contribution is 0.639. The molecule has 2 aromatic heterocycles. The topological polar surface area (TPSA) is 73.8 Å². The van der Waals surface area contributed by atoms with E-state index < -0.39 is 0 Å². The second-order valence-electron chi connectivity index (χ2n) is 3.07. The predicted molar refractivity (Wildman–Crippen MR) is 56.2 cm³/mol. The fourth-order valence-corrected chi connectivity index (χ4v) is 1.25. The third-order valence-corrected chi connectivity index (χ3v) is 2.03. The molecule has 0 fully saturated rings. The molecule has 0 spiro atoms. The SMILES string of the molecule is Nc1ncccc1Cn1ncccc1=O. The first kappa shape index (κ1) is 9.39. The smallest absolute Gasteiger partial charge is 0.267 e. The summed E-state index contributed by atoms with van der Waals surface area (Å²) in [6, 6.07) is 6.66. The van der Waals surface area contributed by atoms with Crippen molar-refractivity contribution in [2.45, 2.75) is 6.54 Å². The van der Waals surface area contributed by atoms with E-state index in [1.807, 2.05) is 6.07 Å². The molecule has 5 heteroatoms. The molecule has 0 aromatic carbocycles. The van der Waals surface area contributed by atoms with Crippen LogP contribution in [0.1, 0.15) is 5.56 Å². The molecule has 2 N–H and O–H groups in total. The van der Waals surface area contributed by atoms with Crippen molar-refractivity contribution in [2.24, 2.45) is 0 Å². The van der Waals surface area contributed by atoms with Gasteiger partial charge < -0.3 is 5.73 Å². The highest BCUT2D eigenvalue weighted by Gasteiger charge is 2.01. The van der Waals surface area contributed by atoms with Crippen molar-refractivity contribution in [3.8, 4) is 0 Å². The number of pyridine rings is 1. The van der Waals surface area contributed by atoms with E-state index in [9.17, 15) is 4.79 Å². The van der Waals surface area contributed by atoms with Gasteiger partial charge in [0.2, 0.25) is 0 Å². The highest BCUT2D eigenvalue weighted by atomic mass is 16.1. The lowest BCUT2D eigenvalue weighted by Crippen LogP contribution is -2.22. The van der Waals surface area contributed by atoms with Gasteiger partial charge in [-0.05, 0) is 12.1 Å². The molecule has 15 heavy (non-hydrogen) atoms. The zero-order valence-corrected chi connectivity index (χ0v) is 8.00. The summed E-state index contributed by atoms with van der Waals surface area (Å²) in [4.78, 5) is 15.3. The van der Waals surface area contributed by atoms with E-state index in [-0.39, 0.29) is 5.56 Å². The maximum Gasteiger partial charge on any atom is 0.267 e. The van der Waals surface area contributed by atoms with Crippen LogP contribution in [-0.4, -0.2) is 14.8 Å². The van der Waals surface area contributed by atoms with Gasteiger partial charge in [0.25, 0.3) is 5.56 Å². The summed E-state index contributed by atoms with van der Waals surface area (Å²) in [5.74, 6) is 0.426. The van der Waals surface area contributed by atoms with Gasteiger partial charge in [-0.25, -0.2) is 9.67 Å². The van der Waals surface area contributed by atoms with Gasteiger partial charge >= 0.3 is 0 Å². The molecule has 0 aliphatic carbocycles. The standard InChI is InChI=1S/C10H10N4O/c11-10-8(3-1-5-12-10)7-14-9(15)4-2-6-13-14/h1-6H,7H2,(H2,11,12). The molecule has 2 heterocycles. The molecule has 76 valence electrons. The largest absolute Gasteiger partial charge is 0.383 e. The third kappa shape index (κ3) is 2.01. The number of nitrogen functional groups attached to an aromatic ring is 1. The van der Waals surface area contributed by atoms with Gasteiger partial charge in [0, 0.05) is 24.0 Å². The highest BCUT2D eigenvalue weighted by Crippen LogP contribution is 2.06. The number of anilines is 1. The Morgan fingerprint density at radius 3 is 2.80 bits per heavy atom. The molecule has 2 aromatic rings. The Balaban J connectivity index is 2.34. The second-order valence-corrected chi connectivity index (χ2v) is 3.07. The fraction of sp³-hybridized carbons (Fsp3) is 0.100. The molecule has 0 radical (unpaired) electrons. The summed E-state index contributed by atoms with van der Waals surface area (Å²) in [6.07, 6.45) is 3.17. The third-order valence-electron chi connectivity index (χ3n) is 2.03. The number of aromatic nitrogens is 3. The monoisotopic (exact) mass is 202 g/mol. The van der Waals surface area contributed by atoms with Crippen LogP contribution >= 0.6 is 0 Å². The number of nitrogens with two attached hydrogens (primary N) is 1. The molecule has 0 saturated carbocycles. The molecular formula is C10H10N4O. The number of nitrogens with zero attached hydrogens (tertiary/aromatic N) is 3. The van der Waals surface area contributed by atoms with E-state index in [1.54, 1.807) is 24.5 Å². The second kappa shape index (κ2) is 3.91. The highest BCUT2D eigenvalue weighted by molar-refractivity contribution is 5.38. The summed E-state index contributed by atoms with van der Waals surface area (Å²) in [6.45, 7) is 0.347. The van der Waals surface area contributed by atoms with Crippen molar-refractivity contribution < 1.29 is 0 Å². The molecule has 5 nitrogen and oxygen atoms in total. The quantitative estimate of drug-likeness (QED) is 0.758. The minimum absolute atomic E-state index is 0.152. The van der Waals surface area contributed by atoms with Gasteiger partial charge in [0.1, 0.15) is 5.82 Å². The van der Waals surface area contributed by atoms with Gasteiger partial charge in [-0.2, -0.15) is 5.10 Å². The van der Waals surface area contributed by atoms with E-state index in [2.05, 4.69) is 10.1 Å². The molecule has 0 aliphatic rings. The fourth-order valence-electron chi connectivity index (χ4n) is 1.25. The van der Waals surface area contributed by atoms with Crippen molar-refractivity contribution in [1.82, 2.24) is 14.8 Å². The van der Waals surface area contributed by atoms with Crippen LogP contribution in [0, 0.1) is 0 Å². The predicted octanol–water partition coefficient (Wildman–Crippen LogP) is 0.269. The average Bonchev–Trinajstić information content (AvgIpc) is 2.24. The van der Waals surface area contributed by atoms with Crippen molar-refractivity contribution in [1.29, 1.82) is 0 Å². The molecule has 2 rings (SSSR count). The van der Waals surface area contributed by atoms with E-state index in [0.717, 1.165) is 5.56 Å². The summed E-state index contributed by atoms with van der Waals surface area (Å²) >= 11 is 0. The van der Waals surface area contributed by atoms with Crippen LogP contribution in [0.3, 0.4) is 0 Å². The van der Waals surface area contributed by atoms with E-state index in [4.69, 9.17) is 5.73 Å². The van der Waals surface area contributed by atoms with Crippen molar-refractivity contribution in [2.75, 3.05) is 5.73 Å². The van der Waals surface area contributed by atoms with Gasteiger partial charge in [-0.15, -0.1) is 0 Å². The number of hydrogen-bond acceptors (Lipinski definition) is 4. The van der Waals surface area contributed by atoms with E-state index in [0.29, 0.717) is 12.4 Å². The summed E-state index contributed by atoms with van der Waals surface area (Å²) in [7, 11) is 0. The van der Waals surface area contributed by atoms with Crippen molar-refractivity contribution >= 4 is 5.82 Å². The van der Waals surface area contributed by atoms with Gasteiger partial charge in [-0.1, -0.05) is 6.07 Å². The van der Waals surface area contributed by atoms with Gasteiger partial charge in [0.05, 0.1) is 6.54 Å². The Morgan fingerprint density at radius 2 is 2.07 bits per heavy atom. The van der Waals surface area contributed by atoms with Crippen molar-refractivity contribution in [3.05, 3.63) is 52.6 Å². The lowest BCUT2D eigenvalue weighted by atomic mass is 10.2. The van der Waals surface area contributed by atoms with Crippen LogP contribution in [0.15, 0.2) is 41.5 Å². The Morgan fingerprint density at radius 1 is 1.27 bits per heavy atom. The Bertz CT molecular complexity index is 521. The summed E-state index contributed by atoms with van der Waals surface area (Å²) in [5.41, 5.74) is 6.30. The molecule has 0 aliphatic heterocycles. The van der Waals surface area contributed by atoms with E-state index in [1.165, 1.54) is 10.7 Å². The van der Waals surface area contributed by atoms with Gasteiger partial charge in [0.15, 0.2) is 0 Å². The first-order valence-electron chi connectivity index (χ1n) is 4.49. The average molecular weight is 202 g/mol. The number of hydrogen-bond donors (Lipinski definition) is 1. The Labute approximate surface area is 86.2 Å². The minimum atomic E-state index is -0.152. The first-order chi connectivity index (χ1) is 7.27. The first-order valence-corrected chi connectivity index (χ1v) is 4.49. The molecule has 0 unspecified atom stereocenters. The lowest BCUT2D eigenvalue weighted by Gasteiger charge is -2.05. The minimum Gasteiger partial charge on any atom is -0.383 e.